The van der Waals surface area contributed by atoms with E-state index < -0.39 is 0 Å². The Kier molecular flexibility index (Phi) is 4.67. The van der Waals surface area contributed by atoms with Gasteiger partial charge in [0, 0.05) is 18.8 Å². The molecule has 1 unspecified atom stereocenters. The molecular weight excluding hydrogens is 208 g/mol. The third-order valence-corrected chi connectivity index (χ3v) is 3.09. The van der Waals surface area contributed by atoms with E-state index in [0.717, 1.165) is 18.7 Å². The molecule has 0 fully saturated rings. The molecule has 0 N–H and O–H groups in total. The first-order valence-corrected chi connectivity index (χ1v) is 6.64. The molecule has 2 heteroatoms. The summed E-state index contributed by atoms with van der Waals surface area (Å²) in [6, 6.07) is 0. The predicted octanol–water partition coefficient (Wildman–Crippen LogP) is 4.21. The largest absolute Gasteiger partial charge is 0.241 e. The third kappa shape index (κ3) is 4.45. The van der Waals surface area contributed by atoms with Crippen molar-refractivity contribution in [2.45, 2.75) is 60.3 Å². The number of hydrogen-bond donors (Lipinski definition) is 0. The molecule has 1 aromatic rings. The smallest absolute Gasteiger partial charge is 0.128 e. The molecule has 0 radical (unpaired) electrons. The minimum atomic E-state index is 0.254. The summed E-state index contributed by atoms with van der Waals surface area (Å²) in [6.45, 7) is 13.4. The molecule has 1 atom stereocenters. The van der Waals surface area contributed by atoms with Gasteiger partial charge in [0.25, 0.3) is 0 Å². The summed E-state index contributed by atoms with van der Waals surface area (Å²) in [6.07, 6.45) is 6.12. The molecule has 0 aliphatic rings. The van der Waals surface area contributed by atoms with Gasteiger partial charge in [0.2, 0.25) is 0 Å². The lowest BCUT2D eigenvalue weighted by Gasteiger charge is -2.20. The van der Waals surface area contributed by atoms with Gasteiger partial charge in [-0.3, -0.25) is 0 Å². The zero-order valence-electron chi connectivity index (χ0n) is 12.1. The van der Waals surface area contributed by atoms with Crippen LogP contribution in [0.15, 0.2) is 12.4 Å². The van der Waals surface area contributed by atoms with Crippen LogP contribution in [-0.2, 0) is 6.42 Å². The van der Waals surface area contributed by atoms with Crippen molar-refractivity contribution in [3.05, 3.63) is 23.8 Å². The summed E-state index contributed by atoms with van der Waals surface area (Å²) in [5.41, 5.74) is 1.53. The third-order valence-electron chi connectivity index (χ3n) is 3.09. The molecule has 0 saturated carbocycles. The summed E-state index contributed by atoms with van der Waals surface area (Å²) in [5.74, 6) is 2.19. The van der Waals surface area contributed by atoms with E-state index in [1.165, 1.54) is 5.56 Å². The van der Waals surface area contributed by atoms with Gasteiger partial charge in [0.1, 0.15) is 5.82 Å². The minimum Gasteiger partial charge on any atom is -0.241 e. The van der Waals surface area contributed by atoms with Crippen molar-refractivity contribution in [2.75, 3.05) is 0 Å². The van der Waals surface area contributed by atoms with Crippen LogP contribution in [0.3, 0.4) is 0 Å². The van der Waals surface area contributed by atoms with Gasteiger partial charge in [-0.25, -0.2) is 9.97 Å². The highest BCUT2D eigenvalue weighted by atomic mass is 14.9. The summed E-state index contributed by atoms with van der Waals surface area (Å²) in [5, 5.41) is 0. The van der Waals surface area contributed by atoms with Gasteiger partial charge in [-0.05, 0) is 29.2 Å². The van der Waals surface area contributed by atoms with Gasteiger partial charge < -0.3 is 0 Å². The van der Waals surface area contributed by atoms with E-state index in [1.54, 1.807) is 0 Å². The van der Waals surface area contributed by atoms with Crippen LogP contribution >= 0.6 is 0 Å². The predicted molar refractivity (Wildman–Crippen MR) is 73.1 cm³/mol. The van der Waals surface area contributed by atoms with E-state index in [0.29, 0.717) is 11.8 Å². The highest BCUT2D eigenvalue weighted by molar-refractivity contribution is 5.12. The lowest BCUT2D eigenvalue weighted by molar-refractivity contribution is 0.399. The maximum atomic E-state index is 4.50. The normalized spacial score (nSPS) is 14.1. The number of hydrogen-bond acceptors (Lipinski definition) is 2. The first kappa shape index (κ1) is 14.1. The van der Waals surface area contributed by atoms with Gasteiger partial charge in [0.15, 0.2) is 0 Å². The van der Waals surface area contributed by atoms with E-state index >= 15 is 0 Å². The van der Waals surface area contributed by atoms with Gasteiger partial charge in [-0.1, -0.05) is 41.5 Å². The van der Waals surface area contributed by atoms with E-state index in [4.69, 9.17) is 0 Å². The van der Waals surface area contributed by atoms with Crippen molar-refractivity contribution in [1.29, 1.82) is 0 Å². The van der Waals surface area contributed by atoms with Crippen LogP contribution in [0.5, 0.6) is 0 Å². The Labute approximate surface area is 106 Å². The Morgan fingerprint density at radius 1 is 1.12 bits per heavy atom. The lowest BCUT2D eigenvalue weighted by Crippen LogP contribution is -2.13. The first-order chi connectivity index (χ1) is 7.83. The Morgan fingerprint density at radius 2 is 1.65 bits per heavy atom. The summed E-state index contributed by atoms with van der Waals surface area (Å²) in [4.78, 5) is 9.01. The Morgan fingerprint density at radius 3 is 2.00 bits per heavy atom. The van der Waals surface area contributed by atoms with Gasteiger partial charge in [0.05, 0.1) is 0 Å². The first-order valence-electron chi connectivity index (χ1n) is 6.64. The monoisotopic (exact) mass is 234 g/mol. The summed E-state index contributed by atoms with van der Waals surface area (Å²) < 4.78 is 0. The maximum Gasteiger partial charge on any atom is 0.128 e. The Bertz CT molecular complexity index is 333. The Hall–Kier alpha value is -0.920. The molecule has 0 amide bonds. The average molecular weight is 234 g/mol. The van der Waals surface area contributed by atoms with Gasteiger partial charge in [-0.15, -0.1) is 0 Å². The molecule has 1 heterocycles. The lowest BCUT2D eigenvalue weighted by atomic mass is 9.88. The van der Waals surface area contributed by atoms with Crippen LogP contribution in [0.4, 0.5) is 0 Å². The van der Waals surface area contributed by atoms with E-state index in [-0.39, 0.29) is 5.41 Å². The molecule has 0 spiro atoms. The molecule has 17 heavy (non-hydrogen) atoms. The van der Waals surface area contributed by atoms with Crippen LogP contribution < -0.4 is 0 Å². The molecule has 0 saturated heterocycles. The zero-order valence-corrected chi connectivity index (χ0v) is 12.1. The van der Waals surface area contributed by atoms with Crippen LogP contribution in [0.25, 0.3) is 0 Å². The van der Waals surface area contributed by atoms with Gasteiger partial charge in [-0.2, -0.15) is 0 Å². The van der Waals surface area contributed by atoms with Crippen molar-refractivity contribution < 1.29 is 0 Å². The number of aromatic nitrogens is 2. The number of rotatable bonds is 4. The topological polar surface area (TPSA) is 25.8 Å². The standard InChI is InChI=1S/C15H26N2/c1-7-13(11(2)3)12-9-16-14(17-10-12)8-15(4,5)6/h9-11,13H,7-8H2,1-6H3. The minimum absolute atomic E-state index is 0.254. The highest BCUT2D eigenvalue weighted by Crippen LogP contribution is 2.27. The molecule has 0 aliphatic carbocycles. The van der Waals surface area contributed by atoms with Crippen LogP contribution in [-0.4, -0.2) is 9.97 Å². The van der Waals surface area contributed by atoms with E-state index in [1.807, 2.05) is 12.4 Å². The van der Waals surface area contributed by atoms with Crippen molar-refractivity contribution in [3.63, 3.8) is 0 Å². The second kappa shape index (κ2) is 5.61. The van der Waals surface area contributed by atoms with Crippen LogP contribution in [0.2, 0.25) is 0 Å². The molecule has 2 nitrogen and oxygen atoms in total. The summed E-state index contributed by atoms with van der Waals surface area (Å²) >= 11 is 0. The zero-order chi connectivity index (χ0) is 13.1. The van der Waals surface area contributed by atoms with Crippen molar-refractivity contribution in [1.82, 2.24) is 9.97 Å². The van der Waals surface area contributed by atoms with Crippen LogP contribution in [0, 0.1) is 11.3 Å². The van der Waals surface area contributed by atoms with E-state index in [2.05, 4.69) is 51.5 Å². The SMILES string of the molecule is CCC(c1cnc(CC(C)(C)C)nc1)C(C)C. The maximum absolute atomic E-state index is 4.50. The molecule has 1 rings (SSSR count). The summed E-state index contributed by atoms with van der Waals surface area (Å²) in [7, 11) is 0. The average Bonchev–Trinajstić information content (AvgIpc) is 2.18. The Balaban J connectivity index is 2.80. The van der Waals surface area contributed by atoms with Crippen LogP contribution in [0.1, 0.15) is 65.3 Å². The number of nitrogens with zero attached hydrogens (tertiary/aromatic N) is 2. The second-order valence-electron chi connectivity index (χ2n) is 6.43. The second-order valence-corrected chi connectivity index (χ2v) is 6.43. The molecule has 1 aromatic heterocycles. The molecule has 0 aliphatic heterocycles. The molecular formula is C15H26N2. The van der Waals surface area contributed by atoms with Crippen molar-refractivity contribution in [2.24, 2.45) is 11.3 Å². The quantitative estimate of drug-likeness (QED) is 0.779. The fraction of sp³-hybridized carbons (Fsp3) is 0.733. The fourth-order valence-corrected chi connectivity index (χ4v) is 2.21. The fourth-order valence-electron chi connectivity index (χ4n) is 2.21. The van der Waals surface area contributed by atoms with E-state index in [9.17, 15) is 0 Å². The highest BCUT2D eigenvalue weighted by Gasteiger charge is 2.16. The molecule has 0 aromatic carbocycles. The van der Waals surface area contributed by atoms with Crippen molar-refractivity contribution in [3.8, 4) is 0 Å². The van der Waals surface area contributed by atoms with Crippen molar-refractivity contribution >= 4 is 0 Å². The molecule has 96 valence electrons. The van der Waals surface area contributed by atoms with Gasteiger partial charge >= 0.3 is 0 Å². The molecule has 0 bridgehead atoms.